The van der Waals surface area contributed by atoms with Crippen LogP contribution >= 0.6 is 0 Å². The van der Waals surface area contributed by atoms with Crippen LogP contribution in [0.25, 0.3) is 0 Å². The number of likely N-dealkylation sites (N-methyl/N-ethyl adjacent to an activating group) is 1. The second-order valence-electron chi connectivity index (χ2n) is 10.6. The molecular formula is C27H41N5O2. The Hall–Kier alpha value is -2.83. The Morgan fingerprint density at radius 1 is 1.24 bits per heavy atom. The Kier molecular flexibility index (Phi) is 8.05. The molecule has 3 rings (SSSR count). The van der Waals surface area contributed by atoms with Gasteiger partial charge in [-0.15, -0.1) is 0 Å². The number of aryl methyl sites for hydroxylation is 1. The second-order valence-corrected chi connectivity index (χ2v) is 10.6. The van der Waals surface area contributed by atoms with E-state index in [1.165, 1.54) is 5.57 Å². The van der Waals surface area contributed by atoms with Crippen LogP contribution in [0.2, 0.25) is 0 Å². The first-order chi connectivity index (χ1) is 16.0. The van der Waals surface area contributed by atoms with Gasteiger partial charge in [0, 0.05) is 26.7 Å². The number of carbonyl (C=O) groups excluding carboxylic acids is 2. The molecule has 7 nitrogen and oxygen atoms in total. The monoisotopic (exact) mass is 467 g/mol. The maximum Gasteiger partial charge on any atom is 0.315 e. The molecule has 34 heavy (non-hydrogen) atoms. The Balaban J connectivity index is 1.51. The highest BCUT2D eigenvalue weighted by atomic mass is 16.2. The number of hydrogen-bond donors (Lipinski definition) is 3. The van der Waals surface area contributed by atoms with E-state index in [-0.39, 0.29) is 17.9 Å². The average molecular weight is 468 g/mol. The van der Waals surface area contributed by atoms with Crippen LogP contribution in [-0.2, 0) is 11.3 Å². The Morgan fingerprint density at radius 3 is 2.56 bits per heavy atom. The van der Waals surface area contributed by atoms with Crippen molar-refractivity contribution in [2.24, 2.45) is 17.8 Å². The standard InChI is InChI=1S/C27H41N5O2/c1-18(2)14-27(5)24(33)32(25(28)31(27)6)17-23-12-11-21(13-20(23)4)15-29-26(34)30-16-22-10-8-7-9-19(22)3/h7-10,13,18,20,23,28H,11-12,14-17H2,1-6H3,(H2,29,30,34). The summed E-state index contributed by atoms with van der Waals surface area (Å²) in [6.07, 6.45) is 4.81. The van der Waals surface area contributed by atoms with Gasteiger partial charge in [-0.25, -0.2) is 4.79 Å². The fourth-order valence-corrected chi connectivity index (χ4v) is 5.24. The van der Waals surface area contributed by atoms with Crippen LogP contribution in [-0.4, -0.2) is 53.4 Å². The Labute approximate surface area is 204 Å². The lowest BCUT2D eigenvalue weighted by Gasteiger charge is -2.31. The molecule has 3 atom stereocenters. The first kappa shape index (κ1) is 25.8. The summed E-state index contributed by atoms with van der Waals surface area (Å²) in [5, 5.41) is 14.5. The molecule has 3 N–H and O–H groups in total. The van der Waals surface area contributed by atoms with E-state index in [4.69, 9.17) is 5.41 Å². The van der Waals surface area contributed by atoms with Gasteiger partial charge < -0.3 is 15.5 Å². The molecule has 3 amide bonds. The molecule has 1 aliphatic carbocycles. The molecule has 0 bridgehead atoms. The lowest BCUT2D eigenvalue weighted by atomic mass is 9.81. The number of carbonyl (C=O) groups is 2. The summed E-state index contributed by atoms with van der Waals surface area (Å²) in [7, 11) is 1.86. The normalized spacial score (nSPS) is 25.1. The van der Waals surface area contributed by atoms with Crippen molar-refractivity contribution in [3.63, 3.8) is 0 Å². The fourth-order valence-electron chi connectivity index (χ4n) is 5.24. The van der Waals surface area contributed by atoms with Crippen LogP contribution in [0.4, 0.5) is 4.79 Å². The highest BCUT2D eigenvalue weighted by molar-refractivity contribution is 6.07. The molecule has 186 valence electrons. The molecule has 7 heteroatoms. The van der Waals surface area contributed by atoms with Crippen LogP contribution in [0.5, 0.6) is 0 Å². The summed E-state index contributed by atoms with van der Waals surface area (Å²) in [6.45, 7) is 12.0. The highest BCUT2D eigenvalue weighted by Crippen LogP contribution is 2.35. The molecule has 1 saturated heterocycles. The number of urea groups is 1. The van der Waals surface area contributed by atoms with E-state index in [9.17, 15) is 9.59 Å². The number of nitrogens with one attached hydrogen (secondary N) is 3. The highest BCUT2D eigenvalue weighted by Gasteiger charge is 2.51. The van der Waals surface area contributed by atoms with Gasteiger partial charge >= 0.3 is 6.03 Å². The van der Waals surface area contributed by atoms with E-state index >= 15 is 0 Å². The minimum absolute atomic E-state index is 0.0441. The molecular weight excluding hydrogens is 426 g/mol. The number of benzene rings is 1. The number of nitrogens with zero attached hydrogens (tertiary/aromatic N) is 2. The van der Waals surface area contributed by atoms with Crippen LogP contribution in [0.1, 0.15) is 58.1 Å². The summed E-state index contributed by atoms with van der Waals surface area (Å²) < 4.78 is 0. The third-order valence-electron chi connectivity index (χ3n) is 7.50. The first-order valence-electron chi connectivity index (χ1n) is 12.4. The lowest BCUT2D eigenvalue weighted by Crippen LogP contribution is -2.46. The predicted octanol–water partition coefficient (Wildman–Crippen LogP) is 4.28. The largest absolute Gasteiger partial charge is 0.334 e. The predicted molar refractivity (Wildman–Crippen MR) is 136 cm³/mol. The number of guanidine groups is 1. The number of amides is 3. The van der Waals surface area contributed by atoms with Crippen molar-refractivity contribution >= 4 is 17.9 Å². The molecule has 0 aromatic heterocycles. The van der Waals surface area contributed by atoms with Crippen molar-refractivity contribution < 1.29 is 9.59 Å². The Bertz CT molecular complexity index is 956. The number of allylic oxidation sites excluding steroid dienone is 1. The molecule has 1 fully saturated rings. The van der Waals surface area contributed by atoms with Crippen LogP contribution in [0.3, 0.4) is 0 Å². The fraction of sp³-hybridized carbons (Fsp3) is 0.593. The number of rotatable bonds is 8. The minimum Gasteiger partial charge on any atom is -0.334 e. The molecule has 2 aliphatic rings. The van der Waals surface area contributed by atoms with E-state index in [1.54, 1.807) is 4.90 Å². The molecule has 1 heterocycles. The zero-order valence-corrected chi connectivity index (χ0v) is 21.6. The van der Waals surface area contributed by atoms with Crippen LogP contribution in [0, 0.1) is 30.1 Å². The van der Waals surface area contributed by atoms with Gasteiger partial charge in [0.1, 0.15) is 5.54 Å². The quantitative estimate of drug-likeness (QED) is 0.499. The zero-order valence-electron chi connectivity index (χ0n) is 21.6. The molecule has 1 aliphatic heterocycles. The van der Waals surface area contributed by atoms with Crippen molar-refractivity contribution in [1.29, 1.82) is 5.41 Å². The van der Waals surface area contributed by atoms with Gasteiger partial charge in [0.05, 0.1) is 0 Å². The second kappa shape index (κ2) is 10.6. The lowest BCUT2D eigenvalue weighted by molar-refractivity contribution is -0.133. The maximum atomic E-state index is 13.3. The van der Waals surface area contributed by atoms with Gasteiger partial charge in [-0.3, -0.25) is 15.1 Å². The van der Waals surface area contributed by atoms with Gasteiger partial charge in [0.25, 0.3) is 5.91 Å². The minimum atomic E-state index is -0.639. The number of hydrogen-bond acceptors (Lipinski definition) is 3. The van der Waals surface area contributed by atoms with Gasteiger partial charge in [-0.1, -0.05) is 56.7 Å². The van der Waals surface area contributed by atoms with Gasteiger partial charge in [-0.05, 0) is 62.0 Å². The average Bonchev–Trinajstić information content (AvgIpc) is 2.93. The first-order valence-corrected chi connectivity index (χ1v) is 12.4. The molecule has 0 spiro atoms. The Morgan fingerprint density at radius 2 is 1.91 bits per heavy atom. The van der Waals surface area contributed by atoms with Gasteiger partial charge in [0.2, 0.25) is 5.96 Å². The summed E-state index contributed by atoms with van der Waals surface area (Å²) in [6, 6.07) is 7.87. The molecule has 1 aromatic carbocycles. The summed E-state index contributed by atoms with van der Waals surface area (Å²) >= 11 is 0. The molecule has 1 aromatic rings. The molecule has 0 saturated carbocycles. The van der Waals surface area contributed by atoms with Crippen molar-refractivity contribution in [3.8, 4) is 0 Å². The topological polar surface area (TPSA) is 88.5 Å². The maximum absolute atomic E-state index is 13.3. The van der Waals surface area contributed by atoms with E-state index in [0.717, 1.165) is 30.4 Å². The smallest absolute Gasteiger partial charge is 0.315 e. The van der Waals surface area contributed by atoms with Crippen LogP contribution < -0.4 is 10.6 Å². The van der Waals surface area contributed by atoms with E-state index in [1.807, 2.05) is 50.1 Å². The zero-order chi connectivity index (χ0) is 25.0. The summed E-state index contributed by atoms with van der Waals surface area (Å²) in [4.78, 5) is 29.0. The van der Waals surface area contributed by atoms with Gasteiger partial charge in [-0.2, -0.15) is 0 Å². The van der Waals surface area contributed by atoms with E-state index in [0.29, 0.717) is 37.4 Å². The van der Waals surface area contributed by atoms with Crippen LogP contribution in [0.15, 0.2) is 35.9 Å². The van der Waals surface area contributed by atoms with E-state index in [2.05, 4.69) is 37.5 Å². The SMILES string of the molecule is Cc1ccccc1CNC(=O)NCC1=CC(C)C(CN2C(=N)N(C)C(C)(CC(C)C)C2=O)CC1. The molecule has 3 unspecified atom stereocenters. The molecule has 0 radical (unpaired) electrons. The van der Waals surface area contributed by atoms with Crippen molar-refractivity contribution in [2.45, 2.75) is 66.0 Å². The van der Waals surface area contributed by atoms with E-state index < -0.39 is 5.54 Å². The van der Waals surface area contributed by atoms with Crippen molar-refractivity contribution in [3.05, 3.63) is 47.0 Å². The summed E-state index contributed by atoms with van der Waals surface area (Å²) in [5.74, 6) is 1.32. The van der Waals surface area contributed by atoms with Gasteiger partial charge in [0.15, 0.2) is 0 Å². The summed E-state index contributed by atoms with van der Waals surface area (Å²) in [5.41, 5.74) is 2.86. The third-order valence-corrected chi connectivity index (χ3v) is 7.50. The van der Waals surface area contributed by atoms with Crippen molar-refractivity contribution in [2.75, 3.05) is 20.1 Å². The van der Waals surface area contributed by atoms with Crippen molar-refractivity contribution in [1.82, 2.24) is 20.4 Å². The third kappa shape index (κ3) is 5.62.